The van der Waals surface area contributed by atoms with Gasteiger partial charge in [0.25, 0.3) is 4.86 Å². The molecule has 0 N–H and O–H groups in total. The number of rotatable bonds is 5. The molecule has 0 amide bonds. The highest BCUT2D eigenvalue weighted by atomic mass is 32.2. The van der Waals surface area contributed by atoms with Crippen molar-refractivity contribution in [2.45, 2.75) is 13.8 Å². The molecule has 0 aromatic carbocycles. The van der Waals surface area contributed by atoms with E-state index in [0.29, 0.717) is 11.8 Å². The summed E-state index contributed by atoms with van der Waals surface area (Å²) in [6.07, 6.45) is 1.44. The molecule has 0 fully saturated rings. The van der Waals surface area contributed by atoms with E-state index in [1.165, 1.54) is 20.1 Å². The van der Waals surface area contributed by atoms with Crippen LogP contribution in [0.4, 0.5) is 4.79 Å². The molecule has 4 nitrogen and oxygen atoms in total. The summed E-state index contributed by atoms with van der Waals surface area (Å²) in [5.41, 5.74) is 0. The summed E-state index contributed by atoms with van der Waals surface area (Å²) in [4.78, 5) is 10.4. The fraction of sp³-hybridized carbons (Fsp3) is 0.833. The number of carbonyl (C=O) groups excluding carboxylic acids is 1. The molecule has 0 aliphatic carbocycles. The standard InChI is InChI=1S/C6H13O4PS/c1-4-9-11(8,10-5-2)6(7)12-3/h4-5H2,1-3H3/i4D,5D. The van der Waals surface area contributed by atoms with Gasteiger partial charge in [0.2, 0.25) is 0 Å². The van der Waals surface area contributed by atoms with Crippen molar-refractivity contribution in [3.8, 4) is 0 Å². The molecule has 0 aromatic heterocycles. The van der Waals surface area contributed by atoms with Gasteiger partial charge in [0.05, 0.1) is 15.9 Å². The molecule has 0 saturated heterocycles. The second kappa shape index (κ2) is 5.75. The molecule has 6 heteroatoms. The van der Waals surface area contributed by atoms with Crippen molar-refractivity contribution in [1.29, 1.82) is 0 Å². The van der Waals surface area contributed by atoms with Gasteiger partial charge in [0.15, 0.2) is 0 Å². The molecule has 2 unspecified atom stereocenters. The minimum Gasteiger partial charge on any atom is -0.303 e. The van der Waals surface area contributed by atoms with Crippen LogP contribution in [-0.4, -0.2) is 24.3 Å². The fourth-order valence-electron chi connectivity index (χ4n) is 0.500. The minimum absolute atomic E-state index is 0.697. The third-order valence-corrected chi connectivity index (χ3v) is 3.88. The van der Waals surface area contributed by atoms with Crippen LogP contribution in [-0.2, 0) is 13.6 Å². The minimum atomic E-state index is -3.97. The first-order valence-corrected chi connectivity index (χ1v) is 5.98. The van der Waals surface area contributed by atoms with Crippen molar-refractivity contribution >= 4 is 24.2 Å². The third kappa shape index (κ3) is 3.27. The Morgan fingerprint density at radius 2 is 1.92 bits per heavy atom. The largest absolute Gasteiger partial charge is 0.407 e. The highest BCUT2D eigenvalue weighted by Gasteiger charge is 2.33. The Morgan fingerprint density at radius 1 is 1.50 bits per heavy atom. The van der Waals surface area contributed by atoms with Crippen LogP contribution in [0.3, 0.4) is 0 Å². The van der Waals surface area contributed by atoms with E-state index < -0.39 is 25.6 Å². The quantitative estimate of drug-likeness (QED) is 0.658. The van der Waals surface area contributed by atoms with Gasteiger partial charge < -0.3 is 9.05 Å². The summed E-state index contributed by atoms with van der Waals surface area (Å²) >= 11 is 0.697. The Bertz CT molecular complexity index is 232. The summed E-state index contributed by atoms with van der Waals surface area (Å²) in [5, 5.41) is 0. The lowest BCUT2D eigenvalue weighted by Crippen LogP contribution is -2.01. The molecule has 2 atom stereocenters. The molecule has 72 valence electrons. The predicted molar refractivity (Wildman–Crippen MR) is 49.8 cm³/mol. The van der Waals surface area contributed by atoms with Crippen LogP contribution in [0.5, 0.6) is 0 Å². The Hall–Kier alpha value is 0.170. The van der Waals surface area contributed by atoms with Gasteiger partial charge in [-0.2, -0.15) is 0 Å². The fourth-order valence-corrected chi connectivity index (χ4v) is 2.43. The van der Waals surface area contributed by atoms with Crippen molar-refractivity contribution in [1.82, 2.24) is 0 Å². The molecular formula is C6H13O4PS. The zero-order chi connectivity index (χ0) is 11.4. The monoisotopic (exact) mass is 214 g/mol. The van der Waals surface area contributed by atoms with Crippen molar-refractivity contribution in [3.63, 3.8) is 0 Å². The third-order valence-electron chi connectivity index (χ3n) is 0.887. The zero-order valence-electron chi connectivity index (χ0n) is 9.14. The van der Waals surface area contributed by atoms with Gasteiger partial charge in [-0.25, -0.2) is 0 Å². The first-order chi connectivity index (χ1) is 6.31. The highest BCUT2D eigenvalue weighted by molar-refractivity contribution is 8.24. The Balaban J connectivity index is 4.67. The van der Waals surface area contributed by atoms with Gasteiger partial charge in [-0.05, 0) is 20.1 Å². The maximum absolute atomic E-state index is 11.7. The lowest BCUT2D eigenvalue weighted by Gasteiger charge is -2.13. The van der Waals surface area contributed by atoms with Crippen molar-refractivity contribution in [3.05, 3.63) is 0 Å². The van der Waals surface area contributed by atoms with Gasteiger partial charge in [-0.3, -0.25) is 9.36 Å². The SMILES string of the molecule is [2H]C(C)OP(=O)(OC([2H])C)C(=O)SC. The van der Waals surface area contributed by atoms with Crippen LogP contribution in [0.1, 0.15) is 16.6 Å². The summed E-state index contributed by atoms with van der Waals surface area (Å²) in [7, 11) is -3.97. The topological polar surface area (TPSA) is 52.6 Å². The van der Waals surface area contributed by atoms with E-state index >= 15 is 0 Å². The second-order valence-corrected chi connectivity index (χ2v) is 4.55. The molecule has 0 aliphatic heterocycles. The summed E-state index contributed by atoms with van der Waals surface area (Å²) in [6, 6.07) is 0. The molecule has 0 bridgehead atoms. The van der Waals surface area contributed by atoms with E-state index in [9.17, 15) is 9.36 Å². The van der Waals surface area contributed by atoms with Gasteiger partial charge in [-0.15, -0.1) is 0 Å². The Labute approximate surface area is 79.3 Å². The van der Waals surface area contributed by atoms with Crippen LogP contribution < -0.4 is 0 Å². The molecular weight excluding hydrogens is 199 g/mol. The molecule has 0 spiro atoms. The Kier molecular flexibility index (Phi) is 4.20. The number of carbonyl (C=O) groups is 1. The van der Waals surface area contributed by atoms with Crippen molar-refractivity contribution < 1.29 is 21.1 Å². The van der Waals surface area contributed by atoms with Crippen LogP contribution in [0.25, 0.3) is 0 Å². The van der Waals surface area contributed by atoms with E-state index in [4.69, 9.17) is 2.74 Å². The number of hydrogen-bond donors (Lipinski definition) is 0. The molecule has 0 radical (unpaired) electrons. The summed E-state index contributed by atoms with van der Waals surface area (Å²) in [5.74, 6) is 0. The molecule has 12 heavy (non-hydrogen) atoms. The number of hydrogen-bond acceptors (Lipinski definition) is 5. The second-order valence-electron chi connectivity index (χ2n) is 1.65. The van der Waals surface area contributed by atoms with E-state index in [1.807, 2.05) is 0 Å². The smallest absolute Gasteiger partial charge is 0.303 e. The lowest BCUT2D eigenvalue weighted by molar-refractivity contribution is 0.216. The molecule has 0 rings (SSSR count). The van der Waals surface area contributed by atoms with E-state index in [-0.39, 0.29) is 0 Å². The van der Waals surface area contributed by atoms with Gasteiger partial charge in [0, 0.05) is 0 Å². The van der Waals surface area contributed by atoms with Crippen LogP contribution in [0.15, 0.2) is 0 Å². The van der Waals surface area contributed by atoms with Crippen LogP contribution in [0, 0.1) is 0 Å². The van der Waals surface area contributed by atoms with Crippen LogP contribution in [0.2, 0.25) is 0 Å². The average molecular weight is 214 g/mol. The van der Waals surface area contributed by atoms with Crippen molar-refractivity contribution in [2.24, 2.45) is 0 Å². The molecule has 0 aliphatic rings. The maximum atomic E-state index is 11.7. The van der Waals surface area contributed by atoms with Gasteiger partial charge in [0.1, 0.15) is 0 Å². The van der Waals surface area contributed by atoms with E-state index in [1.54, 1.807) is 0 Å². The number of thioether (sulfide) groups is 1. The van der Waals surface area contributed by atoms with E-state index in [2.05, 4.69) is 9.05 Å². The highest BCUT2D eigenvalue weighted by Crippen LogP contribution is 2.52. The Morgan fingerprint density at radius 3 is 2.17 bits per heavy atom. The molecule has 0 saturated carbocycles. The molecule has 0 heterocycles. The lowest BCUT2D eigenvalue weighted by atomic mass is 10.9. The van der Waals surface area contributed by atoms with Gasteiger partial charge >= 0.3 is 7.60 Å². The first kappa shape index (κ1) is 8.75. The zero-order valence-corrected chi connectivity index (χ0v) is 8.85. The maximum Gasteiger partial charge on any atom is 0.407 e. The normalized spacial score (nSPS) is 23.2. The van der Waals surface area contributed by atoms with Crippen LogP contribution >= 0.6 is 19.4 Å². The summed E-state index contributed by atoms with van der Waals surface area (Å²) < 4.78 is 35.0. The first-order valence-electron chi connectivity index (χ1n) is 4.37. The summed E-state index contributed by atoms with van der Waals surface area (Å²) in [6.45, 7) is 0.377. The van der Waals surface area contributed by atoms with Crippen molar-refractivity contribution in [2.75, 3.05) is 19.4 Å². The predicted octanol–water partition coefficient (Wildman–Crippen LogP) is 2.74. The van der Waals surface area contributed by atoms with Gasteiger partial charge in [-0.1, -0.05) is 11.8 Å². The van der Waals surface area contributed by atoms with E-state index in [0.717, 1.165) is 0 Å². The molecule has 0 aromatic rings. The average Bonchev–Trinajstić information content (AvgIpc) is 1.99.